The largest absolute Gasteiger partial charge is 0.480 e. The number of carbonyl (C=O) groups excluding carboxylic acids is 1. The molecule has 0 aliphatic heterocycles. The van der Waals surface area contributed by atoms with E-state index < -0.39 is 23.5 Å². The number of carboxylic acids is 1. The van der Waals surface area contributed by atoms with E-state index in [9.17, 15) is 9.59 Å². The van der Waals surface area contributed by atoms with Gasteiger partial charge in [-0.3, -0.25) is 4.79 Å². The zero-order chi connectivity index (χ0) is 12.1. The van der Waals surface area contributed by atoms with Gasteiger partial charge in [0.05, 0.1) is 0 Å². The second-order valence-electron chi connectivity index (χ2n) is 4.03. The number of terminal acetylenes is 1. The zero-order valence-corrected chi connectivity index (χ0v) is 8.91. The topological polar surface area (TPSA) is 92.4 Å². The molecule has 0 aromatic heterocycles. The Morgan fingerprint density at radius 2 is 2.13 bits per heavy atom. The Morgan fingerprint density at radius 1 is 1.60 bits per heavy atom. The summed E-state index contributed by atoms with van der Waals surface area (Å²) >= 11 is 0. The maximum absolute atomic E-state index is 11.3. The van der Waals surface area contributed by atoms with Crippen molar-refractivity contribution < 1.29 is 14.7 Å². The van der Waals surface area contributed by atoms with Gasteiger partial charge in [-0.25, -0.2) is 4.79 Å². The van der Waals surface area contributed by atoms with Crippen LogP contribution in [0.15, 0.2) is 0 Å². The highest BCUT2D eigenvalue weighted by molar-refractivity contribution is 5.84. The third-order valence-electron chi connectivity index (χ3n) is 1.57. The molecule has 5 heteroatoms. The quantitative estimate of drug-likeness (QED) is 0.546. The Labute approximate surface area is 89.0 Å². The predicted octanol–water partition coefficient (Wildman–Crippen LogP) is -0.293. The van der Waals surface area contributed by atoms with Gasteiger partial charge in [0.2, 0.25) is 5.91 Å². The molecular formula is C10H16N2O3. The summed E-state index contributed by atoms with van der Waals surface area (Å²) in [5.74, 6) is 0.636. The minimum absolute atomic E-state index is 0.0356. The lowest BCUT2D eigenvalue weighted by molar-refractivity contribution is -0.141. The lowest BCUT2D eigenvalue weighted by atomic mass is 10.0. The highest BCUT2D eigenvalue weighted by Crippen LogP contribution is 2.03. The number of hydrogen-bond acceptors (Lipinski definition) is 3. The maximum atomic E-state index is 11.3. The van der Waals surface area contributed by atoms with Crippen molar-refractivity contribution in [3.05, 3.63) is 0 Å². The summed E-state index contributed by atoms with van der Waals surface area (Å²) in [4.78, 5) is 22.0. The molecule has 0 aromatic carbocycles. The van der Waals surface area contributed by atoms with E-state index in [2.05, 4.69) is 11.2 Å². The molecule has 1 atom stereocenters. The van der Waals surface area contributed by atoms with Gasteiger partial charge in [0.25, 0.3) is 0 Å². The first kappa shape index (κ1) is 13.5. The second kappa shape index (κ2) is 5.37. The van der Waals surface area contributed by atoms with Crippen molar-refractivity contribution in [2.45, 2.75) is 38.3 Å². The standard InChI is InChI=1S/C10H16N2O3/c1-4-5-7(9(14)15)12-8(13)6-10(2,3)11/h1,7H,5-6,11H2,2-3H3,(H,12,13)(H,14,15). The lowest BCUT2D eigenvalue weighted by Crippen LogP contribution is -2.45. The molecule has 0 aliphatic carbocycles. The lowest BCUT2D eigenvalue weighted by Gasteiger charge is -2.19. The number of nitrogens with two attached hydrogens (primary N) is 1. The van der Waals surface area contributed by atoms with E-state index in [0.29, 0.717) is 0 Å². The van der Waals surface area contributed by atoms with Gasteiger partial charge in [0, 0.05) is 18.4 Å². The fourth-order valence-electron chi connectivity index (χ4n) is 0.977. The molecule has 0 saturated carbocycles. The van der Waals surface area contributed by atoms with Gasteiger partial charge >= 0.3 is 5.97 Å². The normalized spacial score (nSPS) is 12.7. The first-order chi connectivity index (χ1) is 6.76. The Balaban J connectivity index is 4.25. The van der Waals surface area contributed by atoms with E-state index in [4.69, 9.17) is 17.3 Å². The molecule has 0 rings (SSSR count). The van der Waals surface area contributed by atoms with Gasteiger partial charge in [-0.1, -0.05) is 0 Å². The molecule has 5 nitrogen and oxygen atoms in total. The van der Waals surface area contributed by atoms with Crippen LogP contribution in [-0.2, 0) is 9.59 Å². The smallest absolute Gasteiger partial charge is 0.327 e. The molecule has 0 heterocycles. The van der Waals surface area contributed by atoms with Crippen molar-refractivity contribution >= 4 is 11.9 Å². The average molecular weight is 212 g/mol. The van der Waals surface area contributed by atoms with Gasteiger partial charge in [-0.05, 0) is 13.8 Å². The van der Waals surface area contributed by atoms with Gasteiger partial charge < -0.3 is 16.2 Å². The number of hydrogen-bond donors (Lipinski definition) is 3. The molecule has 4 N–H and O–H groups in total. The molecular weight excluding hydrogens is 196 g/mol. The fourth-order valence-corrected chi connectivity index (χ4v) is 0.977. The van der Waals surface area contributed by atoms with Crippen LogP contribution in [0.25, 0.3) is 0 Å². The van der Waals surface area contributed by atoms with Crippen LogP contribution in [-0.4, -0.2) is 28.6 Å². The molecule has 84 valence electrons. The number of carbonyl (C=O) groups is 2. The van der Waals surface area contributed by atoms with E-state index in [-0.39, 0.29) is 12.8 Å². The molecule has 0 radical (unpaired) electrons. The summed E-state index contributed by atoms with van der Waals surface area (Å²) in [5.41, 5.74) is 4.95. The summed E-state index contributed by atoms with van der Waals surface area (Å²) in [6.45, 7) is 3.37. The van der Waals surface area contributed by atoms with E-state index in [1.54, 1.807) is 13.8 Å². The molecule has 1 unspecified atom stereocenters. The van der Waals surface area contributed by atoms with Crippen LogP contribution in [0.1, 0.15) is 26.7 Å². The number of aliphatic carboxylic acids is 1. The van der Waals surface area contributed by atoms with E-state index in [0.717, 1.165) is 0 Å². The monoisotopic (exact) mass is 212 g/mol. The number of nitrogens with one attached hydrogen (secondary N) is 1. The van der Waals surface area contributed by atoms with Crippen LogP contribution in [0.5, 0.6) is 0 Å². The molecule has 0 bridgehead atoms. The average Bonchev–Trinajstić information content (AvgIpc) is 1.99. The summed E-state index contributed by atoms with van der Waals surface area (Å²) in [5, 5.41) is 11.0. The second-order valence-corrected chi connectivity index (χ2v) is 4.03. The maximum Gasteiger partial charge on any atom is 0.327 e. The Bertz CT molecular complexity index is 286. The summed E-state index contributed by atoms with van der Waals surface area (Å²) < 4.78 is 0. The molecule has 15 heavy (non-hydrogen) atoms. The number of amides is 1. The highest BCUT2D eigenvalue weighted by Gasteiger charge is 2.22. The van der Waals surface area contributed by atoms with Gasteiger partial charge in [0.1, 0.15) is 6.04 Å². The Kier molecular flexibility index (Phi) is 4.82. The van der Waals surface area contributed by atoms with Crippen molar-refractivity contribution in [3.63, 3.8) is 0 Å². The predicted molar refractivity (Wildman–Crippen MR) is 55.9 cm³/mol. The van der Waals surface area contributed by atoms with Crippen LogP contribution < -0.4 is 11.1 Å². The van der Waals surface area contributed by atoms with E-state index >= 15 is 0 Å². The van der Waals surface area contributed by atoms with E-state index in [1.165, 1.54) is 0 Å². The van der Waals surface area contributed by atoms with Crippen molar-refractivity contribution in [2.75, 3.05) is 0 Å². The molecule has 1 amide bonds. The Morgan fingerprint density at radius 3 is 2.47 bits per heavy atom. The van der Waals surface area contributed by atoms with Crippen molar-refractivity contribution in [1.82, 2.24) is 5.32 Å². The fraction of sp³-hybridized carbons (Fsp3) is 0.600. The van der Waals surface area contributed by atoms with Gasteiger partial charge in [-0.15, -0.1) is 12.3 Å². The minimum Gasteiger partial charge on any atom is -0.480 e. The van der Waals surface area contributed by atoms with Gasteiger partial charge in [-0.2, -0.15) is 0 Å². The first-order valence-corrected chi connectivity index (χ1v) is 4.51. The van der Waals surface area contributed by atoms with Crippen molar-refractivity contribution in [1.29, 1.82) is 0 Å². The molecule has 0 spiro atoms. The zero-order valence-electron chi connectivity index (χ0n) is 8.91. The highest BCUT2D eigenvalue weighted by atomic mass is 16.4. The Hall–Kier alpha value is -1.54. The van der Waals surface area contributed by atoms with Crippen LogP contribution in [0, 0.1) is 12.3 Å². The number of carboxylic acid groups (broad SMARTS) is 1. The molecule has 0 fully saturated rings. The van der Waals surface area contributed by atoms with E-state index in [1.807, 2.05) is 0 Å². The summed E-state index contributed by atoms with van der Waals surface area (Å²) in [7, 11) is 0. The molecule has 0 aromatic rings. The molecule has 0 saturated heterocycles. The third-order valence-corrected chi connectivity index (χ3v) is 1.57. The van der Waals surface area contributed by atoms with Gasteiger partial charge in [0.15, 0.2) is 0 Å². The SMILES string of the molecule is C#CCC(NC(=O)CC(C)(C)N)C(=O)O. The van der Waals surface area contributed by atoms with Crippen molar-refractivity contribution in [3.8, 4) is 12.3 Å². The van der Waals surface area contributed by atoms with Crippen LogP contribution in [0.2, 0.25) is 0 Å². The first-order valence-electron chi connectivity index (χ1n) is 4.51. The minimum atomic E-state index is -1.14. The third kappa shape index (κ3) is 6.52. The number of rotatable bonds is 5. The molecule has 0 aliphatic rings. The summed E-state index contributed by atoms with van der Waals surface area (Å²) in [6, 6.07) is -1.04. The summed E-state index contributed by atoms with van der Waals surface area (Å²) in [6.07, 6.45) is 5.00. The van der Waals surface area contributed by atoms with Crippen LogP contribution in [0.3, 0.4) is 0 Å². The van der Waals surface area contributed by atoms with Crippen LogP contribution >= 0.6 is 0 Å². The van der Waals surface area contributed by atoms with Crippen molar-refractivity contribution in [2.24, 2.45) is 5.73 Å². The van der Waals surface area contributed by atoms with Crippen LogP contribution in [0.4, 0.5) is 0 Å².